The maximum atomic E-state index is 9.94. The molecule has 1 atom stereocenters. The van der Waals surface area contributed by atoms with E-state index < -0.39 is 0 Å². The first-order valence-electron chi connectivity index (χ1n) is 7.13. The smallest absolute Gasteiger partial charge is 0.0588 e. The highest BCUT2D eigenvalue weighted by Crippen LogP contribution is 2.22. The van der Waals surface area contributed by atoms with Crippen LogP contribution in [0.2, 0.25) is 0 Å². The Bertz CT molecular complexity index is 311. The maximum absolute atomic E-state index is 9.94. The van der Waals surface area contributed by atoms with Crippen molar-refractivity contribution in [3.05, 3.63) is 20.8 Å². The Kier molecular flexibility index (Phi) is 8.99. The molecule has 18 heavy (non-hydrogen) atoms. The van der Waals surface area contributed by atoms with E-state index in [-0.39, 0.29) is 6.10 Å². The Morgan fingerprint density at radius 2 is 1.83 bits per heavy atom. The fourth-order valence-electron chi connectivity index (χ4n) is 2.13. The molecule has 0 fully saturated rings. The zero-order valence-electron chi connectivity index (χ0n) is 11.3. The zero-order valence-corrected chi connectivity index (χ0v) is 13.7. The average Bonchev–Trinajstić information content (AvgIpc) is 2.73. The van der Waals surface area contributed by atoms with E-state index in [0.717, 1.165) is 17.3 Å². The Morgan fingerprint density at radius 3 is 2.44 bits per heavy atom. The van der Waals surface area contributed by atoms with Crippen molar-refractivity contribution in [1.29, 1.82) is 0 Å². The van der Waals surface area contributed by atoms with Crippen molar-refractivity contribution in [1.82, 2.24) is 0 Å². The van der Waals surface area contributed by atoms with Crippen LogP contribution in [-0.4, -0.2) is 11.2 Å². The minimum absolute atomic E-state index is 0.161. The normalized spacial score (nSPS) is 12.8. The molecule has 1 unspecified atom stereocenters. The van der Waals surface area contributed by atoms with E-state index in [9.17, 15) is 5.11 Å². The van der Waals surface area contributed by atoms with Gasteiger partial charge in [-0.05, 0) is 28.4 Å². The predicted molar refractivity (Wildman–Crippen MR) is 84.3 cm³/mol. The summed E-state index contributed by atoms with van der Waals surface area (Å²) in [5.74, 6) is 0. The van der Waals surface area contributed by atoms with Crippen LogP contribution < -0.4 is 0 Å². The quantitative estimate of drug-likeness (QED) is 0.556. The number of halogens is 1. The average molecular weight is 333 g/mol. The minimum atomic E-state index is -0.161. The molecule has 1 aromatic heterocycles. The van der Waals surface area contributed by atoms with Gasteiger partial charge in [-0.25, -0.2) is 0 Å². The molecule has 0 aliphatic heterocycles. The monoisotopic (exact) mass is 332 g/mol. The van der Waals surface area contributed by atoms with Gasteiger partial charge in [0.25, 0.3) is 0 Å². The molecule has 1 heterocycles. The Labute approximate surface area is 124 Å². The molecule has 0 aromatic carbocycles. The van der Waals surface area contributed by atoms with Crippen molar-refractivity contribution in [2.24, 2.45) is 0 Å². The van der Waals surface area contributed by atoms with Gasteiger partial charge in [0.1, 0.15) is 0 Å². The van der Waals surface area contributed by atoms with Gasteiger partial charge in [-0.1, -0.05) is 51.9 Å². The van der Waals surface area contributed by atoms with Crippen LogP contribution in [0.1, 0.15) is 63.2 Å². The zero-order chi connectivity index (χ0) is 13.2. The number of hydrogen-bond acceptors (Lipinski definition) is 2. The molecule has 0 saturated carbocycles. The Morgan fingerprint density at radius 1 is 1.17 bits per heavy atom. The molecule has 1 aromatic rings. The van der Waals surface area contributed by atoms with E-state index in [4.69, 9.17) is 0 Å². The van der Waals surface area contributed by atoms with E-state index in [1.807, 2.05) is 0 Å². The minimum Gasteiger partial charge on any atom is -0.393 e. The molecule has 0 spiro atoms. The van der Waals surface area contributed by atoms with E-state index in [0.29, 0.717) is 0 Å². The largest absolute Gasteiger partial charge is 0.393 e. The molecule has 0 aliphatic carbocycles. The van der Waals surface area contributed by atoms with Gasteiger partial charge in [-0.2, -0.15) is 0 Å². The standard InChI is InChI=1S/C15H25BrOS/c1-2-3-4-5-6-7-8-9-14(17)11-15-10-13(16)12-18-15/h10,12,14,17H,2-9,11H2,1H3. The van der Waals surface area contributed by atoms with Crippen molar-refractivity contribution >= 4 is 27.3 Å². The van der Waals surface area contributed by atoms with Crippen molar-refractivity contribution in [3.8, 4) is 0 Å². The summed E-state index contributed by atoms with van der Waals surface area (Å²) in [6.45, 7) is 2.25. The summed E-state index contributed by atoms with van der Waals surface area (Å²) < 4.78 is 1.13. The van der Waals surface area contributed by atoms with Crippen LogP contribution in [0.25, 0.3) is 0 Å². The lowest BCUT2D eigenvalue weighted by atomic mass is 10.0. The molecule has 0 radical (unpaired) electrons. The van der Waals surface area contributed by atoms with Gasteiger partial charge in [-0.15, -0.1) is 11.3 Å². The van der Waals surface area contributed by atoms with Crippen LogP contribution in [0, 0.1) is 0 Å². The van der Waals surface area contributed by atoms with Gasteiger partial charge in [0.15, 0.2) is 0 Å². The fraction of sp³-hybridized carbons (Fsp3) is 0.733. The van der Waals surface area contributed by atoms with E-state index in [1.165, 1.54) is 49.8 Å². The molecule has 0 saturated heterocycles. The fourth-order valence-corrected chi connectivity index (χ4v) is 3.66. The van der Waals surface area contributed by atoms with Crippen LogP contribution in [0.3, 0.4) is 0 Å². The van der Waals surface area contributed by atoms with Crippen molar-refractivity contribution in [2.75, 3.05) is 0 Å². The highest BCUT2D eigenvalue weighted by Gasteiger charge is 2.07. The number of aliphatic hydroxyl groups is 1. The van der Waals surface area contributed by atoms with E-state index >= 15 is 0 Å². The molecular formula is C15H25BrOS. The first kappa shape index (κ1) is 16.2. The van der Waals surface area contributed by atoms with E-state index in [1.54, 1.807) is 11.3 Å². The molecule has 0 aliphatic rings. The Balaban J connectivity index is 1.98. The van der Waals surface area contributed by atoms with Gasteiger partial charge >= 0.3 is 0 Å². The second-order valence-electron chi connectivity index (χ2n) is 5.00. The molecular weight excluding hydrogens is 308 g/mol. The molecule has 0 amide bonds. The lowest BCUT2D eigenvalue weighted by Crippen LogP contribution is -2.09. The molecule has 1 N–H and O–H groups in total. The van der Waals surface area contributed by atoms with Gasteiger partial charge in [0.2, 0.25) is 0 Å². The number of unbranched alkanes of at least 4 members (excludes halogenated alkanes) is 6. The highest BCUT2D eigenvalue weighted by atomic mass is 79.9. The lowest BCUT2D eigenvalue weighted by molar-refractivity contribution is 0.161. The van der Waals surface area contributed by atoms with Crippen LogP contribution in [0.5, 0.6) is 0 Å². The summed E-state index contributed by atoms with van der Waals surface area (Å²) in [6, 6.07) is 2.11. The predicted octanol–water partition coefficient (Wildman–Crippen LogP) is 5.55. The SMILES string of the molecule is CCCCCCCCCC(O)Cc1cc(Br)cs1. The maximum Gasteiger partial charge on any atom is 0.0588 e. The van der Waals surface area contributed by atoms with E-state index in [2.05, 4.69) is 34.3 Å². The second kappa shape index (κ2) is 9.99. The molecule has 104 valence electrons. The molecule has 0 bridgehead atoms. The number of aliphatic hydroxyl groups excluding tert-OH is 1. The third kappa shape index (κ3) is 7.55. The topological polar surface area (TPSA) is 20.2 Å². The van der Waals surface area contributed by atoms with Gasteiger partial charge < -0.3 is 5.11 Å². The summed E-state index contributed by atoms with van der Waals surface area (Å²) in [5.41, 5.74) is 0. The van der Waals surface area contributed by atoms with Crippen molar-refractivity contribution in [3.63, 3.8) is 0 Å². The van der Waals surface area contributed by atoms with Gasteiger partial charge in [0, 0.05) is 21.2 Å². The van der Waals surface area contributed by atoms with Crippen molar-refractivity contribution < 1.29 is 5.11 Å². The first-order valence-corrected chi connectivity index (χ1v) is 8.80. The third-order valence-corrected chi connectivity index (χ3v) is 4.92. The first-order chi connectivity index (χ1) is 8.72. The number of rotatable bonds is 10. The van der Waals surface area contributed by atoms with Crippen LogP contribution in [-0.2, 0) is 6.42 Å². The molecule has 1 nitrogen and oxygen atoms in total. The summed E-state index contributed by atoms with van der Waals surface area (Å²) in [6.07, 6.45) is 10.8. The van der Waals surface area contributed by atoms with Crippen molar-refractivity contribution in [2.45, 2.75) is 70.8 Å². The second-order valence-corrected chi connectivity index (χ2v) is 6.91. The number of hydrogen-bond donors (Lipinski definition) is 1. The Hall–Kier alpha value is 0.140. The third-order valence-electron chi connectivity index (χ3n) is 3.20. The van der Waals surface area contributed by atoms with Crippen LogP contribution in [0.15, 0.2) is 15.9 Å². The highest BCUT2D eigenvalue weighted by molar-refractivity contribution is 9.10. The summed E-state index contributed by atoms with van der Waals surface area (Å²) in [4.78, 5) is 1.28. The summed E-state index contributed by atoms with van der Waals surface area (Å²) in [5, 5.41) is 12.0. The van der Waals surface area contributed by atoms with Crippen LogP contribution in [0.4, 0.5) is 0 Å². The van der Waals surface area contributed by atoms with Gasteiger partial charge in [0.05, 0.1) is 6.10 Å². The van der Waals surface area contributed by atoms with Crippen LogP contribution >= 0.6 is 27.3 Å². The lowest BCUT2D eigenvalue weighted by Gasteiger charge is -2.08. The number of thiophene rings is 1. The summed E-state index contributed by atoms with van der Waals surface area (Å²) >= 11 is 5.17. The molecule has 1 rings (SSSR count). The molecule has 3 heteroatoms. The summed E-state index contributed by atoms with van der Waals surface area (Å²) in [7, 11) is 0. The van der Waals surface area contributed by atoms with Gasteiger partial charge in [-0.3, -0.25) is 0 Å².